The summed E-state index contributed by atoms with van der Waals surface area (Å²) in [7, 11) is -3.13. The number of H-pyrrole nitrogens is 1. The van der Waals surface area contributed by atoms with E-state index in [1.807, 2.05) is 12.1 Å². The average molecular weight is 990 g/mol. The SMILES string of the molecule is COCCOc1nc2[nH]ccc2cc1Oc1cc(N2CCC3(CC2)CC(N2CCC[C@H]2c2ccccc2C(C)C)C3)ccc1C(=O)NS(=O)(=O)c1cc2c(c([N+](=O)[O-])c1)NC(C1CCC(C)(C)CC1)CO2. The van der Waals surface area contributed by atoms with Crippen molar-refractivity contribution in [1.29, 1.82) is 0 Å². The number of ether oxygens (including phenoxy) is 4. The van der Waals surface area contributed by atoms with Crippen LogP contribution in [0.4, 0.5) is 17.1 Å². The van der Waals surface area contributed by atoms with Crippen LogP contribution in [0.5, 0.6) is 23.1 Å². The number of rotatable bonds is 15. The molecular formula is C54H67N7O9S. The lowest BCUT2D eigenvalue weighted by Gasteiger charge is -2.56. The lowest BCUT2D eigenvalue weighted by Crippen LogP contribution is -2.54. The van der Waals surface area contributed by atoms with Gasteiger partial charge < -0.3 is 34.1 Å². The number of hydrogen-bond donors (Lipinski definition) is 3. The second-order valence-corrected chi connectivity index (χ2v) is 23.3. The summed E-state index contributed by atoms with van der Waals surface area (Å²) < 4.78 is 54.4. The van der Waals surface area contributed by atoms with E-state index in [0.29, 0.717) is 23.6 Å². The highest BCUT2D eigenvalue weighted by atomic mass is 32.2. The van der Waals surface area contributed by atoms with Crippen molar-refractivity contribution in [2.45, 2.75) is 121 Å². The van der Waals surface area contributed by atoms with Crippen LogP contribution >= 0.6 is 0 Å². The van der Waals surface area contributed by atoms with E-state index in [-0.39, 0.29) is 77.0 Å². The first-order chi connectivity index (χ1) is 34.1. The number of aromatic nitrogens is 2. The van der Waals surface area contributed by atoms with Crippen molar-refractivity contribution in [3.8, 4) is 23.1 Å². The van der Waals surface area contributed by atoms with Gasteiger partial charge in [0.1, 0.15) is 24.6 Å². The highest BCUT2D eigenvalue weighted by Crippen LogP contribution is 2.55. The summed E-state index contributed by atoms with van der Waals surface area (Å²) in [6.07, 6.45) is 12.6. The van der Waals surface area contributed by atoms with Crippen LogP contribution in [0.25, 0.3) is 11.0 Å². The zero-order valence-corrected chi connectivity index (χ0v) is 42.3. The molecule has 10 rings (SSSR count). The van der Waals surface area contributed by atoms with Crippen molar-refractivity contribution in [1.82, 2.24) is 19.6 Å². The molecule has 5 aliphatic rings. The smallest absolute Gasteiger partial charge is 0.297 e. The van der Waals surface area contributed by atoms with Gasteiger partial charge in [0.15, 0.2) is 17.2 Å². The Morgan fingerprint density at radius 2 is 1.75 bits per heavy atom. The van der Waals surface area contributed by atoms with Crippen molar-refractivity contribution in [3.63, 3.8) is 0 Å². The molecule has 3 aliphatic heterocycles. The second kappa shape index (κ2) is 19.6. The predicted octanol–water partition coefficient (Wildman–Crippen LogP) is 10.5. The molecule has 2 atom stereocenters. The summed E-state index contributed by atoms with van der Waals surface area (Å²) in [5, 5.41) is 16.6. The summed E-state index contributed by atoms with van der Waals surface area (Å²) >= 11 is 0. The molecule has 5 heterocycles. The third-order valence-corrected chi connectivity index (χ3v) is 17.5. The fourth-order valence-corrected chi connectivity index (χ4v) is 13.0. The number of amides is 1. The Labute approximate surface area is 416 Å². The van der Waals surface area contributed by atoms with Gasteiger partial charge >= 0.3 is 0 Å². The number of nitrogens with one attached hydrogen (secondary N) is 3. The number of anilines is 2. The Bertz CT molecular complexity index is 2900. The molecule has 5 aromatic rings. The quantitative estimate of drug-likeness (QED) is 0.0511. The largest absolute Gasteiger partial charge is 0.489 e. The van der Waals surface area contributed by atoms with E-state index >= 15 is 0 Å². The standard InChI is InChI=1S/C54H67N7O9S/c1-34(2)40-9-6-7-10-41(40)44-11-8-22-60(44)38-31-54(32-38)19-23-59(24-20-54)37-12-13-42(46(28-37)70-48-27-36-16-21-55-50(36)57-52(48)68-26-25-67-5)51(62)58-71(65,66)39-29-45(61(63)64)49-47(30-39)69-33-43(56-49)35-14-17-53(3,4)18-15-35/h6-7,9-10,12-13,16,21,27-30,34-35,38,43-44,56H,8,11,14-15,17-20,22-26,31-33H2,1-5H3,(H,55,57)(H,58,62)/t43?,44-/m0/s1. The third kappa shape index (κ3) is 10.0. The van der Waals surface area contributed by atoms with Crippen molar-refractivity contribution >= 4 is 44.0 Å². The number of sulfonamides is 1. The fourth-order valence-electron chi connectivity index (χ4n) is 12.0. The Hall–Kier alpha value is -5.91. The summed E-state index contributed by atoms with van der Waals surface area (Å²) in [6, 6.07) is 20.8. The van der Waals surface area contributed by atoms with Gasteiger partial charge in [-0.25, -0.2) is 13.1 Å². The van der Waals surface area contributed by atoms with E-state index in [9.17, 15) is 23.3 Å². The van der Waals surface area contributed by atoms with Gasteiger partial charge in [-0.3, -0.25) is 19.8 Å². The number of benzene rings is 3. The van der Waals surface area contributed by atoms with E-state index in [1.165, 1.54) is 42.9 Å². The number of aromatic amines is 1. The Balaban J connectivity index is 0.889. The topological polar surface area (TPSA) is 190 Å². The minimum Gasteiger partial charge on any atom is -0.489 e. The highest BCUT2D eigenvalue weighted by Gasteiger charge is 2.50. The molecule has 3 aromatic carbocycles. The monoisotopic (exact) mass is 989 g/mol. The lowest BCUT2D eigenvalue weighted by molar-refractivity contribution is -0.384. The number of methoxy groups -OCH3 is 1. The predicted molar refractivity (Wildman–Crippen MR) is 272 cm³/mol. The number of nitrogens with zero attached hydrogens (tertiary/aromatic N) is 4. The second-order valence-electron chi connectivity index (χ2n) is 21.6. The van der Waals surface area contributed by atoms with Crippen LogP contribution < -0.4 is 29.1 Å². The zero-order valence-electron chi connectivity index (χ0n) is 41.5. The van der Waals surface area contributed by atoms with Gasteiger partial charge in [-0.05, 0) is 129 Å². The number of carbonyl (C=O) groups excluding carboxylic acids is 1. The van der Waals surface area contributed by atoms with Crippen LogP contribution in [-0.2, 0) is 14.8 Å². The van der Waals surface area contributed by atoms with Crippen LogP contribution in [0.3, 0.4) is 0 Å². The molecule has 2 saturated carbocycles. The number of pyridine rings is 1. The van der Waals surface area contributed by atoms with E-state index in [0.717, 1.165) is 75.3 Å². The molecular weight excluding hydrogens is 923 g/mol. The molecule has 2 saturated heterocycles. The fraction of sp³-hybridized carbons (Fsp3) is 0.519. The van der Waals surface area contributed by atoms with Crippen LogP contribution in [-0.4, -0.2) is 92.8 Å². The van der Waals surface area contributed by atoms with Crippen LogP contribution in [0.15, 0.2) is 77.8 Å². The van der Waals surface area contributed by atoms with Crippen LogP contribution in [0, 0.1) is 26.9 Å². The van der Waals surface area contributed by atoms with Crippen LogP contribution in [0.2, 0.25) is 0 Å². The summed E-state index contributed by atoms with van der Waals surface area (Å²) in [6.45, 7) is 12.5. The molecule has 0 radical (unpaired) electrons. The summed E-state index contributed by atoms with van der Waals surface area (Å²) in [5.74, 6) is 0.225. The van der Waals surface area contributed by atoms with Gasteiger partial charge in [0, 0.05) is 67.8 Å². The molecule has 1 amide bonds. The molecule has 17 heteroatoms. The number of carbonyl (C=O) groups is 1. The van der Waals surface area contributed by atoms with E-state index in [4.69, 9.17) is 18.9 Å². The van der Waals surface area contributed by atoms with Gasteiger partial charge in [0.25, 0.3) is 27.5 Å². The van der Waals surface area contributed by atoms with Gasteiger partial charge in [0.05, 0.1) is 28.0 Å². The molecule has 1 spiro atoms. The van der Waals surface area contributed by atoms with Gasteiger partial charge in [-0.15, -0.1) is 0 Å². The number of piperidine rings is 1. The zero-order chi connectivity index (χ0) is 49.7. The Morgan fingerprint density at radius 1 is 0.972 bits per heavy atom. The maximum Gasteiger partial charge on any atom is 0.297 e. The molecule has 378 valence electrons. The van der Waals surface area contributed by atoms with E-state index in [2.05, 4.69) is 81.8 Å². The number of nitro groups is 1. The van der Waals surface area contributed by atoms with Crippen molar-refractivity contribution in [2.75, 3.05) is 56.8 Å². The molecule has 0 bridgehead atoms. The van der Waals surface area contributed by atoms with Gasteiger partial charge in [-0.2, -0.15) is 4.98 Å². The molecule has 2 aliphatic carbocycles. The molecule has 3 N–H and O–H groups in total. The first-order valence-electron chi connectivity index (χ1n) is 25.4. The molecule has 4 fully saturated rings. The molecule has 2 aromatic heterocycles. The van der Waals surface area contributed by atoms with Crippen LogP contribution in [0.1, 0.15) is 125 Å². The molecule has 1 unspecified atom stereocenters. The lowest BCUT2D eigenvalue weighted by atomic mass is 9.59. The third-order valence-electron chi connectivity index (χ3n) is 16.2. The normalized spacial score (nSPS) is 21.4. The number of likely N-dealkylation sites (tertiary alicyclic amines) is 1. The van der Waals surface area contributed by atoms with Gasteiger partial charge in [-0.1, -0.05) is 52.0 Å². The Morgan fingerprint density at radius 3 is 2.49 bits per heavy atom. The number of nitro benzene ring substituents is 1. The average Bonchev–Trinajstić information content (AvgIpc) is 4.02. The van der Waals surface area contributed by atoms with Crippen molar-refractivity contribution in [3.05, 3.63) is 99.7 Å². The first-order valence-corrected chi connectivity index (χ1v) is 26.9. The maximum atomic E-state index is 14.4. The maximum absolute atomic E-state index is 14.4. The molecule has 71 heavy (non-hydrogen) atoms. The van der Waals surface area contributed by atoms with Crippen molar-refractivity contribution < 1.29 is 37.1 Å². The number of fused-ring (bicyclic) bond motifs is 2. The van der Waals surface area contributed by atoms with E-state index in [1.54, 1.807) is 31.5 Å². The summed E-state index contributed by atoms with van der Waals surface area (Å²) in [5.41, 5.74) is 4.44. The van der Waals surface area contributed by atoms with Gasteiger partial charge in [0.2, 0.25) is 0 Å². The molecule has 16 nitrogen and oxygen atoms in total. The highest BCUT2D eigenvalue weighted by molar-refractivity contribution is 7.90. The minimum atomic E-state index is -4.69. The Kier molecular flexibility index (Phi) is 13.4. The minimum absolute atomic E-state index is 0.0369. The number of hydrogen-bond acceptors (Lipinski definition) is 13. The van der Waals surface area contributed by atoms with Crippen molar-refractivity contribution in [2.24, 2.45) is 16.7 Å². The van der Waals surface area contributed by atoms with E-state index < -0.39 is 31.4 Å². The summed E-state index contributed by atoms with van der Waals surface area (Å²) in [4.78, 5) is 38.6. The first kappa shape index (κ1) is 48.7.